The Labute approximate surface area is 185 Å². The van der Waals surface area contributed by atoms with Gasteiger partial charge in [-0.1, -0.05) is 23.7 Å². The van der Waals surface area contributed by atoms with Crippen molar-refractivity contribution in [3.8, 4) is 5.75 Å². The number of hydrogen-bond acceptors (Lipinski definition) is 5. The smallest absolute Gasteiger partial charge is 0.277 e. The molecule has 164 valence electrons. The minimum absolute atomic E-state index is 0.0796. The zero-order chi connectivity index (χ0) is 22.6. The van der Waals surface area contributed by atoms with Crippen LogP contribution < -0.4 is 10.4 Å². The van der Waals surface area contributed by atoms with Gasteiger partial charge in [-0.15, -0.1) is 0 Å². The second-order valence-electron chi connectivity index (χ2n) is 8.30. The molecule has 31 heavy (non-hydrogen) atoms. The van der Waals surface area contributed by atoms with Crippen LogP contribution in [0.3, 0.4) is 0 Å². The molecule has 4 rings (SSSR count). The van der Waals surface area contributed by atoms with Gasteiger partial charge < -0.3 is 14.9 Å². The van der Waals surface area contributed by atoms with E-state index < -0.39 is 23.0 Å². The molecule has 2 amide bonds. The number of carbonyl (C=O) groups is 2. The van der Waals surface area contributed by atoms with Crippen LogP contribution in [0.15, 0.2) is 29.2 Å². The highest BCUT2D eigenvalue weighted by Crippen LogP contribution is 2.32. The first-order chi connectivity index (χ1) is 14.6. The van der Waals surface area contributed by atoms with Gasteiger partial charge in [0.1, 0.15) is 11.7 Å². The Morgan fingerprint density at radius 1 is 1.29 bits per heavy atom. The molecule has 2 atom stereocenters. The minimum atomic E-state index is -0.849. The molecule has 0 spiro atoms. The van der Waals surface area contributed by atoms with Gasteiger partial charge in [-0.25, -0.2) is 0 Å². The fourth-order valence-corrected chi connectivity index (χ4v) is 4.65. The summed E-state index contributed by atoms with van der Waals surface area (Å²) in [5.41, 5.74) is 0.575. The predicted octanol–water partition coefficient (Wildman–Crippen LogP) is 2.32. The van der Waals surface area contributed by atoms with Crippen LogP contribution in [-0.4, -0.2) is 57.7 Å². The van der Waals surface area contributed by atoms with E-state index in [1.165, 1.54) is 20.7 Å². The van der Waals surface area contributed by atoms with E-state index in [2.05, 4.69) is 0 Å². The number of nitrogens with zero attached hydrogens (tertiary/aromatic N) is 4. The molecule has 1 aromatic carbocycles. The van der Waals surface area contributed by atoms with Gasteiger partial charge in [-0.05, 0) is 43.9 Å². The average Bonchev–Trinajstić information content (AvgIpc) is 3.12. The normalized spacial score (nSPS) is 20.0. The number of pyridine rings is 1. The summed E-state index contributed by atoms with van der Waals surface area (Å²) in [6, 6.07) is 5.53. The third-order valence-electron chi connectivity index (χ3n) is 6.35. The van der Waals surface area contributed by atoms with Gasteiger partial charge in [0.15, 0.2) is 11.4 Å². The van der Waals surface area contributed by atoms with Gasteiger partial charge in [-0.2, -0.15) is 0 Å². The van der Waals surface area contributed by atoms with Crippen molar-refractivity contribution in [1.29, 1.82) is 0 Å². The van der Waals surface area contributed by atoms with Crippen LogP contribution in [0.4, 0.5) is 0 Å². The van der Waals surface area contributed by atoms with E-state index in [4.69, 9.17) is 11.6 Å². The largest absolute Gasteiger partial charge is 0.502 e. The Hall–Kier alpha value is -3.00. The van der Waals surface area contributed by atoms with Crippen LogP contribution in [0, 0.1) is 6.92 Å². The third-order valence-corrected chi connectivity index (χ3v) is 6.76. The topological polar surface area (TPSA) is 86.1 Å². The summed E-state index contributed by atoms with van der Waals surface area (Å²) >= 11 is 6.18. The quantitative estimate of drug-likeness (QED) is 0.785. The van der Waals surface area contributed by atoms with Gasteiger partial charge in [0.2, 0.25) is 5.43 Å². The second-order valence-corrected chi connectivity index (χ2v) is 8.71. The van der Waals surface area contributed by atoms with Gasteiger partial charge in [0, 0.05) is 37.9 Å². The van der Waals surface area contributed by atoms with E-state index in [0.29, 0.717) is 5.02 Å². The highest BCUT2D eigenvalue weighted by Gasteiger charge is 2.43. The molecular formula is C22H25ClN4O4. The molecule has 0 aliphatic carbocycles. The molecule has 9 heteroatoms. The maximum Gasteiger partial charge on any atom is 0.277 e. The van der Waals surface area contributed by atoms with Crippen molar-refractivity contribution in [3.63, 3.8) is 0 Å². The molecular weight excluding hydrogens is 420 g/mol. The Morgan fingerprint density at radius 2 is 2.00 bits per heavy atom. The van der Waals surface area contributed by atoms with Gasteiger partial charge in [0.25, 0.3) is 11.8 Å². The van der Waals surface area contributed by atoms with Crippen LogP contribution in [0.2, 0.25) is 5.02 Å². The Kier molecular flexibility index (Phi) is 5.21. The zero-order valence-corrected chi connectivity index (χ0v) is 18.7. The van der Waals surface area contributed by atoms with E-state index in [1.54, 1.807) is 26.2 Å². The molecule has 2 aromatic rings. The summed E-state index contributed by atoms with van der Waals surface area (Å²) in [5.74, 6) is -1.68. The van der Waals surface area contributed by atoms with E-state index in [0.717, 1.165) is 24.0 Å². The molecule has 8 nitrogen and oxygen atoms in total. The lowest BCUT2D eigenvalue weighted by atomic mass is 10.1. The lowest BCUT2D eigenvalue weighted by Crippen LogP contribution is -2.59. The van der Waals surface area contributed by atoms with Crippen molar-refractivity contribution in [2.45, 2.75) is 45.4 Å². The molecule has 3 heterocycles. The number of aromatic hydroxyl groups is 1. The Balaban J connectivity index is 1.75. The molecule has 0 bridgehead atoms. The summed E-state index contributed by atoms with van der Waals surface area (Å²) in [7, 11) is 3.25. The molecule has 1 fully saturated rings. The van der Waals surface area contributed by atoms with E-state index in [9.17, 15) is 19.5 Å². The average molecular weight is 445 g/mol. The molecule has 0 saturated carbocycles. The van der Waals surface area contributed by atoms with Crippen LogP contribution in [0.1, 0.15) is 51.7 Å². The lowest BCUT2D eigenvalue weighted by Gasteiger charge is -2.43. The molecule has 0 radical (unpaired) electrons. The van der Waals surface area contributed by atoms with Crippen molar-refractivity contribution in [3.05, 3.63) is 62.0 Å². The standard InChI is InChI=1S/C22H25ClN4O4/c1-12-8-9-17-25(4)22(31)18-20(29)19(28)15(11-26(18)27(12)17)21(30)24(3)10-14-6-5-7-16(23)13(14)2/h5-7,11-12,17,29H,8-10H2,1-4H3/t12-,17+/m1/s1. The molecule has 1 N–H and O–H groups in total. The number of aromatic nitrogens is 1. The SMILES string of the molecule is Cc1c(Cl)cccc1CN(C)C(=O)c1cn2c(c(O)c1=O)C(=O)N(C)[C@@H]1CC[C@@H](C)N12. The number of rotatable bonds is 3. The van der Waals surface area contributed by atoms with E-state index in [-0.39, 0.29) is 30.0 Å². The molecule has 2 aliphatic heterocycles. The molecule has 2 aliphatic rings. The third kappa shape index (κ3) is 3.26. The zero-order valence-electron chi connectivity index (χ0n) is 17.9. The summed E-state index contributed by atoms with van der Waals surface area (Å²) in [6.07, 6.45) is 2.83. The highest BCUT2D eigenvalue weighted by molar-refractivity contribution is 6.31. The molecule has 0 unspecified atom stereocenters. The summed E-state index contributed by atoms with van der Waals surface area (Å²) in [4.78, 5) is 41.8. The second kappa shape index (κ2) is 7.60. The van der Waals surface area contributed by atoms with Gasteiger partial charge in [-0.3, -0.25) is 24.1 Å². The lowest BCUT2D eigenvalue weighted by molar-refractivity contribution is 0.0646. The maximum atomic E-state index is 13.2. The highest BCUT2D eigenvalue weighted by atomic mass is 35.5. The number of halogens is 1. The van der Waals surface area contributed by atoms with E-state index in [1.807, 2.05) is 24.9 Å². The van der Waals surface area contributed by atoms with Gasteiger partial charge in [0.05, 0.1) is 0 Å². The number of benzene rings is 1. The van der Waals surface area contributed by atoms with Crippen molar-refractivity contribution in [1.82, 2.24) is 14.5 Å². The van der Waals surface area contributed by atoms with Crippen molar-refractivity contribution in [2.24, 2.45) is 0 Å². The van der Waals surface area contributed by atoms with Crippen LogP contribution in [-0.2, 0) is 6.54 Å². The Morgan fingerprint density at radius 3 is 2.71 bits per heavy atom. The van der Waals surface area contributed by atoms with Crippen LogP contribution in [0.25, 0.3) is 0 Å². The predicted molar refractivity (Wildman–Crippen MR) is 117 cm³/mol. The van der Waals surface area contributed by atoms with Gasteiger partial charge >= 0.3 is 0 Å². The minimum Gasteiger partial charge on any atom is -0.502 e. The molecule has 1 aromatic heterocycles. The first-order valence-electron chi connectivity index (χ1n) is 10.2. The number of carbonyl (C=O) groups excluding carboxylic acids is 2. The van der Waals surface area contributed by atoms with Crippen molar-refractivity contribution < 1.29 is 14.7 Å². The fourth-order valence-electron chi connectivity index (χ4n) is 4.46. The summed E-state index contributed by atoms with van der Waals surface area (Å²) < 4.78 is 1.49. The maximum absolute atomic E-state index is 13.2. The first kappa shape index (κ1) is 21.2. The van der Waals surface area contributed by atoms with Crippen molar-refractivity contribution >= 4 is 23.4 Å². The number of amides is 2. The van der Waals surface area contributed by atoms with Crippen molar-refractivity contribution in [2.75, 3.05) is 19.1 Å². The summed E-state index contributed by atoms with van der Waals surface area (Å²) in [5, 5.41) is 13.2. The summed E-state index contributed by atoms with van der Waals surface area (Å²) in [6.45, 7) is 4.13. The molecule has 1 saturated heterocycles. The number of hydrogen-bond donors (Lipinski definition) is 1. The van der Waals surface area contributed by atoms with E-state index >= 15 is 0 Å². The fraction of sp³-hybridized carbons (Fsp3) is 0.409. The Bertz CT molecular complexity index is 1150. The monoisotopic (exact) mass is 444 g/mol. The van der Waals surface area contributed by atoms with Crippen LogP contribution in [0.5, 0.6) is 5.75 Å². The van der Waals surface area contributed by atoms with Crippen LogP contribution >= 0.6 is 11.6 Å². The number of fused-ring (bicyclic) bond motifs is 3. The first-order valence-corrected chi connectivity index (χ1v) is 10.5.